The zero-order valence-corrected chi connectivity index (χ0v) is 15.2. The van der Waals surface area contributed by atoms with E-state index in [2.05, 4.69) is 10.3 Å². The van der Waals surface area contributed by atoms with E-state index in [1.54, 1.807) is 6.20 Å². The molecule has 4 nitrogen and oxygen atoms in total. The Morgan fingerprint density at radius 1 is 0.889 bits per heavy atom. The van der Waals surface area contributed by atoms with Crippen LogP contribution < -0.4 is 5.32 Å². The lowest BCUT2D eigenvalue weighted by Gasteiger charge is -2.11. The molecule has 4 aromatic rings. The second kappa shape index (κ2) is 7.00. The molecule has 4 heteroatoms. The van der Waals surface area contributed by atoms with Crippen molar-refractivity contribution in [2.24, 2.45) is 0 Å². The summed E-state index contributed by atoms with van der Waals surface area (Å²) in [6.45, 7) is 3.98. The third-order valence-corrected chi connectivity index (χ3v) is 4.44. The normalized spacial score (nSPS) is 10.7. The molecule has 4 rings (SSSR count). The van der Waals surface area contributed by atoms with Gasteiger partial charge in [-0.05, 0) is 49.7 Å². The molecular weight excluding hydrogens is 334 g/mol. The number of aromatic nitrogens is 2. The first-order chi connectivity index (χ1) is 13.1. The number of nitrogens with one attached hydrogen (secondary N) is 1. The van der Waals surface area contributed by atoms with E-state index in [9.17, 15) is 4.79 Å². The van der Waals surface area contributed by atoms with Crippen molar-refractivity contribution in [3.8, 4) is 11.3 Å². The van der Waals surface area contributed by atoms with Gasteiger partial charge >= 0.3 is 0 Å². The van der Waals surface area contributed by atoms with Gasteiger partial charge in [-0.3, -0.25) is 4.79 Å². The van der Waals surface area contributed by atoms with Gasteiger partial charge in [0.15, 0.2) is 0 Å². The maximum atomic E-state index is 13.1. The highest BCUT2D eigenvalue weighted by Gasteiger charge is 2.15. The Balaban J connectivity index is 1.84. The Morgan fingerprint density at radius 3 is 2.44 bits per heavy atom. The van der Waals surface area contributed by atoms with E-state index >= 15 is 0 Å². The lowest BCUT2D eigenvalue weighted by Crippen LogP contribution is -2.14. The molecule has 0 aliphatic rings. The molecule has 1 amide bonds. The van der Waals surface area contributed by atoms with Gasteiger partial charge in [-0.25, -0.2) is 9.97 Å². The fourth-order valence-corrected chi connectivity index (χ4v) is 3.07. The third-order valence-electron chi connectivity index (χ3n) is 4.44. The van der Waals surface area contributed by atoms with Crippen molar-refractivity contribution in [3.05, 3.63) is 89.6 Å². The summed E-state index contributed by atoms with van der Waals surface area (Å²) in [6, 6.07) is 21.4. The first-order valence-electron chi connectivity index (χ1n) is 8.81. The van der Waals surface area contributed by atoms with Gasteiger partial charge in [0.2, 0.25) is 0 Å². The zero-order valence-electron chi connectivity index (χ0n) is 15.2. The van der Waals surface area contributed by atoms with Crippen LogP contribution in [-0.2, 0) is 0 Å². The largest absolute Gasteiger partial charge is 0.307 e. The van der Waals surface area contributed by atoms with Crippen LogP contribution >= 0.6 is 0 Å². The molecule has 2 aromatic carbocycles. The molecule has 0 atom stereocenters. The highest BCUT2D eigenvalue weighted by molar-refractivity contribution is 6.13. The smallest absolute Gasteiger partial charge is 0.257 e. The van der Waals surface area contributed by atoms with Gasteiger partial charge < -0.3 is 5.32 Å². The average molecular weight is 353 g/mol. The topological polar surface area (TPSA) is 54.9 Å². The number of anilines is 1. The number of aryl methyl sites for hydroxylation is 2. The van der Waals surface area contributed by atoms with Crippen LogP contribution in [0.25, 0.3) is 22.2 Å². The molecular formula is C23H19N3O. The van der Waals surface area contributed by atoms with Crippen molar-refractivity contribution in [2.75, 3.05) is 5.32 Å². The summed E-state index contributed by atoms with van der Waals surface area (Å²) in [6.07, 6.45) is 1.69. The summed E-state index contributed by atoms with van der Waals surface area (Å²) in [7, 11) is 0. The summed E-state index contributed by atoms with van der Waals surface area (Å²) in [5, 5.41) is 3.74. The Kier molecular flexibility index (Phi) is 4.38. The average Bonchev–Trinajstić information content (AvgIpc) is 2.68. The van der Waals surface area contributed by atoms with Crippen LogP contribution in [0.15, 0.2) is 72.9 Å². The number of pyridine rings is 2. The van der Waals surface area contributed by atoms with Crippen molar-refractivity contribution < 1.29 is 4.79 Å². The maximum Gasteiger partial charge on any atom is 0.257 e. The van der Waals surface area contributed by atoms with Gasteiger partial charge in [0, 0.05) is 17.1 Å². The van der Waals surface area contributed by atoms with Crippen molar-refractivity contribution in [1.29, 1.82) is 0 Å². The number of carbonyl (C=O) groups excluding carboxylic acids is 1. The van der Waals surface area contributed by atoms with Crippen molar-refractivity contribution >= 4 is 22.6 Å². The number of rotatable bonds is 3. The van der Waals surface area contributed by atoms with Gasteiger partial charge in [-0.2, -0.15) is 0 Å². The monoisotopic (exact) mass is 353 g/mol. The fraction of sp³-hybridized carbons (Fsp3) is 0.0870. The van der Waals surface area contributed by atoms with E-state index in [0.29, 0.717) is 11.4 Å². The number of carbonyl (C=O) groups is 1. The second-order valence-electron chi connectivity index (χ2n) is 6.61. The summed E-state index contributed by atoms with van der Waals surface area (Å²) < 4.78 is 0. The molecule has 0 aliphatic carbocycles. The summed E-state index contributed by atoms with van der Waals surface area (Å²) in [5.74, 6) is 0.349. The highest BCUT2D eigenvalue weighted by Crippen LogP contribution is 2.26. The lowest BCUT2D eigenvalue weighted by molar-refractivity contribution is 0.102. The Hall–Kier alpha value is -3.53. The number of fused-ring (bicyclic) bond motifs is 1. The van der Waals surface area contributed by atoms with Crippen LogP contribution in [0.2, 0.25) is 0 Å². The third kappa shape index (κ3) is 3.55. The van der Waals surface area contributed by atoms with Crippen molar-refractivity contribution in [3.63, 3.8) is 0 Å². The molecule has 27 heavy (non-hydrogen) atoms. The quantitative estimate of drug-likeness (QED) is 0.553. The van der Waals surface area contributed by atoms with Gasteiger partial charge in [-0.15, -0.1) is 0 Å². The molecule has 0 saturated heterocycles. The molecule has 2 aromatic heterocycles. The van der Waals surface area contributed by atoms with E-state index < -0.39 is 0 Å². The minimum atomic E-state index is -0.191. The van der Waals surface area contributed by atoms with Gasteiger partial charge in [0.1, 0.15) is 5.82 Å². The van der Waals surface area contributed by atoms with Crippen LogP contribution in [0.5, 0.6) is 0 Å². The van der Waals surface area contributed by atoms with Crippen LogP contribution in [-0.4, -0.2) is 15.9 Å². The van der Waals surface area contributed by atoms with Gasteiger partial charge in [-0.1, -0.05) is 42.0 Å². The molecule has 0 fully saturated rings. The molecule has 0 radical (unpaired) electrons. The van der Waals surface area contributed by atoms with Crippen LogP contribution in [0.1, 0.15) is 21.5 Å². The van der Waals surface area contributed by atoms with E-state index in [4.69, 9.17) is 4.98 Å². The van der Waals surface area contributed by atoms with E-state index in [-0.39, 0.29) is 5.91 Å². The van der Waals surface area contributed by atoms with Crippen LogP contribution in [0, 0.1) is 13.8 Å². The van der Waals surface area contributed by atoms with E-state index in [0.717, 1.165) is 33.3 Å². The fourth-order valence-electron chi connectivity index (χ4n) is 3.07. The Morgan fingerprint density at radius 2 is 1.67 bits per heavy atom. The van der Waals surface area contributed by atoms with Gasteiger partial charge in [0.05, 0.1) is 16.8 Å². The predicted molar refractivity (Wildman–Crippen MR) is 109 cm³/mol. The van der Waals surface area contributed by atoms with E-state index in [1.165, 1.54) is 0 Å². The van der Waals surface area contributed by atoms with Crippen molar-refractivity contribution in [2.45, 2.75) is 13.8 Å². The first-order valence-corrected chi connectivity index (χ1v) is 8.81. The Labute approximate surface area is 157 Å². The number of benzene rings is 2. The zero-order chi connectivity index (χ0) is 18.8. The molecule has 0 bridgehead atoms. The number of hydrogen-bond donors (Lipinski definition) is 1. The summed E-state index contributed by atoms with van der Waals surface area (Å²) in [5.41, 5.74) is 5.26. The Bertz CT molecular complexity index is 1140. The molecule has 132 valence electrons. The molecule has 0 spiro atoms. The molecule has 0 saturated carbocycles. The van der Waals surface area contributed by atoms with E-state index in [1.807, 2.05) is 80.6 Å². The van der Waals surface area contributed by atoms with Crippen LogP contribution in [0.4, 0.5) is 5.82 Å². The standard InChI is InChI=1S/C23H19N3O/c1-15-8-9-20-18(12-15)19(14-21(25-20)17-6-4-3-5-7-17)23(27)26-22-13-16(2)10-11-24-22/h3-14H,1-2H3,(H,24,26,27). The number of nitrogens with zero attached hydrogens (tertiary/aromatic N) is 2. The minimum Gasteiger partial charge on any atom is -0.307 e. The summed E-state index contributed by atoms with van der Waals surface area (Å²) in [4.78, 5) is 22.0. The van der Waals surface area contributed by atoms with Crippen LogP contribution in [0.3, 0.4) is 0 Å². The summed E-state index contributed by atoms with van der Waals surface area (Å²) >= 11 is 0. The number of amides is 1. The number of hydrogen-bond acceptors (Lipinski definition) is 3. The molecule has 2 heterocycles. The second-order valence-corrected chi connectivity index (χ2v) is 6.61. The molecule has 0 aliphatic heterocycles. The SMILES string of the molecule is Cc1ccnc(NC(=O)c2cc(-c3ccccc3)nc3ccc(C)cc23)c1. The molecule has 1 N–H and O–H groups in total. The van der Waals surface area contributed by atoms with Crippen molar-refractivity contribution in [1.82, 2.24) is 9.97 Å². The minimum absolute atomic E-state index is 0.191. The highest BCUT2D eigenvalue weighted by atomic mass is 16.1. The molecule has 0 unspecified atom stereocenters. The first kappa shape index (κ1) is 16.9. The maximum absolute atomic E-state index is 13.1. The lowest BCUT2D eigenvalue weighted by atomic mass is 10.0. The van der Waals surface area contributed by atoms with Gasteiger partial charge in [0.25, 0.3) is 5.91 Å². The predicted octanol–water partition coefficient (Wildman–Crippen LogP) is 5.17.